The molecule has 0 bridgehead atoms. The number of fused-ring (bicyclic) bond motifs is 1. The fourth-order valence-electron chi connectivity index (χ4n) is 4.19. The molecule has 3 aromatic rings. The second-order valence-electron chi connectivity index (χ2n) is 9.31. The number of aromatic nitrogens is 1. The first-order valence-electron chi connectivity index (χ1n) is 13.1. The second kappa shape index (κ2) is 15.7. The quantitative estimate of drug-likeness (QED) is 0.161. The van der Waals surface area contributed by atoms with E-state index in [0.29, 0.717) is 24.9 Å². The Labute approximate surface area is 237 Å². The van der Waals surface area contributed by atoms with Crippen LogP contribution < -0.4 is 10.6 Å². The van der Waals surface area contributed by atoms with E-state index in [1.54, 1.807) is 6.20 Å². The first-order valence-corrected chi connectivity index (χ1v) is 13.1. The molecule has 0 aliphatic carbocycles. The largest absolute Gasteiger partial charge is 0.480 e. The first kappa shape index (κ1) is 30.7. The number of aromatic amines is 1. The van der Waals surface area contributed by atoms with Crippen molar-refractivity contribution in [3.8, 4) is 0 Å². The predicted molar refractivity (Wildman–Crippen MR) is 149 cm³/mol. The van der Waals surface area contributed by atoms with Crippen LogP contribution in [0, 0.1) is 0 Å². The number of hydrogen-bond acceptors (Lipinski definition) is 7. The monoisotopic (exact) mass is 566 g/mol. The van der Waals surface area contributed by atoms with Crippen LogP contribution in [-0.2, 0) is 41.7 Å². The molecule has 2 aromatic carbocycles. The van der Waals surface area contributed by atoms with Gasteiger partial charge in [-0.25, -0.2) is 9.59 Å². The van der Waals surface area contributed by atoms with E-state index in [1.165, 1.54) is 7.11 Å². The second-order valence-corrected chi connectivity index (χ2v) is 9.31. The van der Waals surface area contributed by atoms with E-state index in [-0.39, 0.29) is 19.4 Å². The van der Waals surface area contributed by atoms with Crippen LogP contribution in [0.4, 0.5) is 4.79 Å². The van der Waals surface area contributed by atoms with Crippen molar-refractivity contribution in [3.63, 3.8) is 0 Å². The lowest BCUT2D eigenvalue weighted by Crippen LogP contribution is -2.48. The van der Waals surface area contributed by atoms with E-state index >= 15 is 0 Å². The van der Waals surface area contributed by atoms with Crippen molar-refractivity contribution < 1.29 is 38.6 Å². The molecular weight excluding hydrogens is 532 g/mol. The van der Waals surface area contributed by atoms with E-state index in [2.05, 4.69) is 15.6 Å². The topological polar surface area (TPSA) is 167 Å². The van der Waals surface area contributed by atoms with E-state index < -0.39 is 49.0 Å². The van der Waals surface area contributed by atoms with Gasteiger partial charge < -0.3 is 35.1 Å². The Balaban J connectivity index is 1.47. The number of ether oxygens (including phenoxy) is 2. The van der Waals surface area contributed by atoms with Crippen LogP contribution >= 0.6 is 0 Å². The van der Waals surface area contributed by atoms with E-state index in [1.807, 2.05) is 54.6 Å². The summed E-state index contributed by atoms with van der Waals surface area (Å²) in [6, 6.07) is 15.6. The maximum Gasteiger partial charge on any atom is 0.407 e. The van der Waals surface area contributed by atoms with Crippen LogP contribution in [0.15, 0.2) is 60.8 Å². The molecule has 0 aliphatic heterocycles. The molecule has 0 aliphatic rings. The SMILES string of the molecule is COC(=O)[C@H](CCCCNC(=O)OCc1ccccc1)NC(=O)CN(CC(=O)O)C(=O)Cc1c[nH]c2ccccc12. The number of nitrogens with zero attached hydrogens (tertiary/aromatic N) is 1. The zero-order valence-corrected chi connectivity index (χ0v) is 22.8. The van der Waals surface area contributed by atoms with Crippen molar-refractivity contribution in [3.05, 3.63) is 71.9 Å². The standard InChI is InChI=1S/C29H34N4O8/c1-40-28(38)24(13-7-8-14-30-29(39)41-19-20-9-3-2-4-10-20)32-25(34)17-33(18-27(36)37)26(35)15-21-16-31-23-12-6-5-11-22(21)23/h2-6,9-12,16,24,31H,7-8,13-15,17-19H2,1H3,(H,30,39)(H,32,34)(H,36,37)/t24-/m0/s1. The lowest BCUT2D eigenvalue weighted by atomic mass is 10.1. The highest BCUT2D eigenvalue weighted by molar-refractivity contribution is 5.93. The summed E-state index contributed by atoms with van der Waals surface area (Å²) in [4.78, 5) is 65.3. The lowest BCUT2D eigenvalue weighted by molar-refractivity contribution is -0.148. The molecule has 0 spiro atoms. The Morgan fingerprint density at radius 1 is 0.976 bits per heavy atom. The normalized spacial score (nSPS) is 11.3. The van der Waals surface area contributed by atoms with Gasteiger partial charge in [-0.3, -0.25) is 14.4 Å². The average Bonchev–Trinajstić information content (AvgIpc) is 3.37. The van der Waals surface area contributed by atoms with Gasteiger partial charge in [0.1, 0.15) is 25.7 Å². The van der Waals surface area contributed by atoms with Crippen LogP contribution in [0.2, 0.25) is 0 Å². The Hall–Kier alpha value is -4.87. The molecule has 0 saturated carbocycles. The Morgan fingerprint density at radius 3 is 2.44 bits per heavy atom. The number of alkyl carbamates (subject to hydrolysis) is 1. The maximum atomic E-state index is 13.0. The number of benzene rings is 2. The molecule has 0 unspecified atom stereocenters. The zero-order chi connectivity index (χ0) is 29.6. The van der Waals surface area contributed by atoms with Gasteiger partial charge in [0.05, 0.1) is 13.5 Å². The van der Waals surface area contributed by atoms with Crippen molar-refractivity contribution in [1.82, 2.24) is 20.5 Å². The van der Waals surface area contributed by atoms with Crippen molar-refractivity contribution in [1.29, 1.82) is 0 Å². The van der Waals surface area contributed by atoms with Crippen LogP contribution in [0.5, 0.6) is 0 Å². The molecule has 0 fully saturated rings. The molecule has 3 amide bonds. The number of methoxy groups -OCH3 is 1. The molecule has 41 heavy (non-hydrogen) atoms. The third kappa shape index (κ3) is 9.99. The van der Waals surface area contributed by atoms with E-state index in [4.69, 9.17) is 9.47 Å². The van der Waals surface area contributed by atoms with Gasteiger partial charge >= 0.3 is 18.0 Å². The molecule has 1 atom stereocenters. The molecule has 0 saturated heterocycles. The highest BCUT2D eigenvalue weighted by Gasteiger charge is 2.25. The molecule has 0 radical (unpaired) electrons. The number of aliphatic carboxylic acids is 1. The minimum atomic E-state index is -1.27. The van der Waals surface area contributed by atoms with Gasteiger partial charge in [-0.15, -0.1) is 0 Å². The molecular formula is C29H34N4O8. The summed E-state index contributed by atoms with van der Waals surface area (Å²) in [5.74, 6) is -3.20. The number of carbonyl (C=O) groups excluding carboxylic acids is 4. The van der Waals surface area contributed by atoms with Gasteiger partial charge in [-0.05, 0) is 36.5 Å². The number of carboxylic acid groups (broad SMARTS) is 1. The summed E-state index contributed by atoms with van der Waals surface area (Å²) in [7, 11) is 1.19. The van der Waals surface area contributed by atoms with Gasteiger partial charge in [0.15, 0.2) is 0 Å². The lowest BCUT2D eigenvalue weighted by Gasteiger charge is -2.22. The average molecular weight is 567 g/mol. The molecule has 218 valence electrons. The molecule has 12 nitrogen and oxygen atoms in total. The number of rotatable bonds is 15. The fourth-order valence-corrected chi connectivity index (χ4v) is 4.19. The number of H-pyrrole nitrogens is 1. The smallest absolute Gasteiger partial charge is 0.407 e. The van der Waals surface area contributed by atoms with Crippen molar-refractivity contribution >= 4 is 40.7 Å². The van der Waals surface area contributed by atoms with Gasteiger partial charge in [-0.1, -0.05) is 48.5 Å². The third-order valence-electron chi connectivity index (χ3n) is 6.25. The maximum absolute atomic E-state index is 13.0. The minimum absolute atomic E-state index is 0.105. The van der Waals surface area contributed by atoms with Crippen LogP contribution in [0.1, 0.15) is 30.4 Å². The Kier molecular flexibility index (Phi) is 11.7. The molecule has 1 aromatic heterocycles. The summed E-state index contributed by atoms with van der Waals surface area (Å²) in [5, 5.41) is 15.3. The zero-order valence-electron chi connectivity index (χ0n) is 22.8. The van der Waals surface area contributed by atoms with Gasteiger partial charge in [0, 0.05) is 23.6 Å². The number of para-hydroxylation sites is 1. The van der Waals surface area contributed by atoms with Gasteiger partial charge in [0.2, 0.25) is 11.8 Å². The molecule has 3 rings (SSSR count). The third-order valence-corrected chi connectivity index (χ3v) is 6.25. The Morgan fingerprint density at radius 2 is 1.71 bits per heavy atom. The van der Waals surface area contributed by atoms with E-state index in [9.17, 15) is 29.1 Å². The minimum Gasteiger partial charge on any atom is -0.480 e. The van der Waals surface area contributed by atoms with Crippen LogP contribution in [-0.4, -0.2) is 77.6 Å². The summed E-state index contributed by atoms with van der Waals surface area (Å²) < 4.78 is 9.93. The fraction of sp³-hybridized carbons (Fsp3) is 0.345. The molecule has 4 N–H and O–H groups in total. The first-order chi connectivity index (χ1) is 19.8. The van der Waals surface area contributed by atoms with Gasteiger partial charge in [-0.2, -0.15) is 0 Å². The highest BCUT2D eigenvalue weighted by atomic mass is 16.5. The van der Waals surface area contributed by atoms with Crippen LogP contribution in [0.25, 0.3) is 10.9 Å². The Bertz CT molecular complexity index is 1340. The number of unbranched alkanes of at least 4 members (excludes halogenated alkanes) is 1. The number of amides is 3. The molecule has 1 heterocycles. The predicted octanol–water partition coefficient (Wildman–Crippen LogP) is 2.38. The number of carboxylic acids is 1. The highest BCUT2D eigenvalue weighted by Crippen LogP contribution is 2.18. The summed E-state index contributed by atoms with van der Waals surface area (Å²) in [6.07, 6.45) is 2.16. The summed E-state index contributed by atoms with van der Waals surface area (Å²) in [5.41, 5.74) is 2.37. The van der Waals surface area contributed by atoms with Gasteiger partial charge in [0.25, 0.3) is 0 Å². The summed E-state index contributed by atoms with van der Waals surface area (Å²) >= 11 is 0. The van der Waals surface area contributed by atoms with Crippen molar-refractivity contribution in [2.24, 2.45) is 0 Å². The number of nitrogens with one attached hydrogen (secondary N) is 3. The van der Waals surface area contributed by atoms with Crippen molar-refractivity contribution in [2.45, 2.75) is 38.3 Å². The number of esters is 1. The number of hydrogen-bond donors (Lipinski definition) is 4. The van der Waals surface area contributed by atoms with Crippen LogP contribution in [0.3, 0.4) is 0 Å². The number of carbonyl (C=O) groups is 5. The molecule has 12 heteroatoms. The van der Waals surface area contributed by atoms with Crippen molar-refractivity contribution in [2.75, 3.05) is 26.7 Å². The summed E-state index contributed by atoms with van der Waals surface area (Å²) in [6.45, 7) is -0.782. The van der Waals surface area contributed by atoms with E-state index in [0.717, 1.165) is 21.4 Å².